The van der Waals surface area contributed by atoms with Crippen molar-refractivity contribution in [2.24, 2.45) is 4.99 Å². The predicted molar refractivity (Wildman–Crippen MR) is 91.7 cm³/mol. The molecule has 0 spiro atoms. The van der Waals surface area contributed by atoms with Crippen LogP contribution in [-0.4, -0.2) is 32.2 Å². The Labute approximate surface area is 154 Å². The van der Waals surface area contributed by atoms with Crippen LogP contribution < -0.4 is 10.8 Å². The summed E-state index contributed by atoms with van der Waals surface area (Å²) in [5.74, 6) is -1.16. The van der Waals surface area contributed by atoms with Crippen LogP contribution in [-0.2, 0) is 0 Å². The average Bonchev–Trinajstić information content (AvgIpc) is 3.11. The summed E-state index contributed by atoms with van der Waals surface area (Å²) in [5, 5.41) is 19.1. The molecule has 2 aromatic heterocycles. The first-order valence-corrected chi connectivity index (χ1v) is 7.86. The second kappa shape index (κ2) is 7.80. The van der Waals surface area contributed by atoms with Gasteiger partial charge in [0.15, 0.2) is 11.5 Å². The number of aliphatic imine (C=N–C) groups is 1. The average molecular weight is 421 g/mol. The summed E-state index contributed by atoms with van der Waals surface area (Å²) >= 11 is 3.04. The van der Waals surface area contributed by atoms with E-state index in [2.05, 4.69) is 46.2 Å². The maximum absolute atomic E-state index is 13.3. The van der Waals surface area contributed by atoms with Gasteiger partial charge >= 0.3 is 0 Å². The number of nitrogens with one attached hydrogen (secondary N) is 2. The first-order chi connectivity index (χ1) is 12.6. The van der Waals surface area contributed by atoms with Gasteiger partial charge < -0.3 is 5.32 Å². The molecule has 132 valence electrons. The van der Waals surface area contributed by atoms with E-state index >= 15 is 0 Å². The topological polar surface area (TPSA) is 126 Å². The first-order valence-electron chi connectivity index (χ1n) is 7.06. The van der Waals surface area contributed by atoms with Crippen molar-refractivity contribution in [2.45, 2.75) is 0 Å². The van der Waals surface area contributed by atoms with Crippen LogP contribution in [0.1, 0.15) is 16.1 Å². The quantitative estimate of drug-likeness (QED) is 0.336. The molecule has 0 radical (unpaired) electrons. The molecule has 3 rings (SSSR count). The lowest BCUT2D eigenvalue weighted by molar-refractivity contribution is 0.102. The molecule has 2 heterocycles. The number of aromatic nitrogens is 3. The number of pyridine rings is 1. The Morgan fingerprint density at radius 2 is 2.00 bits per heavy atom. The largest absolute Gasteiger partial charge is 0.302 e. The normalized spacial score (nSPS) is 11.3. The fraction of sp³-hybridized carbons (Fsp3) is 0. The summed E-state index contributed by atoms with van der Waals surface area (Å²) in [6.45, 7) is 0. The van der Waals surface area contributed by atoms with Crippen LogP contribution in [0.4, 0.5) is 15.9 Å². The summed E-state index contributed by atoms with van der Waals surface area (Å²) in [6.07, 6.45) is 2.93. The third-order valence-electron chi connectivity index (χ3n) is 3.14. The molecule has 9 nitrogen and oxygen atoms in total. The van der Waals surface area contributed by atoms with Crippen LogP contribution >= 0.6 is 15.9 Å². The van der Waals surface area contributed by atoms with Gasteiger partial charge in [0.2, 0.25) is 5.82 Å². The third-order valence-corrected chi connectivity index (χ3v) is 3.74. The van der Waals surface area contributed by atoms with E-state index in [1.807, 2.05) is 5.48 Å². The van der Waals surface area contributed by atoms with Crippen molar-refractivity contribution in [1.29, 1.82) is 0 Å². The number of rotatable bonds is 4. The Morgan fingerprint density at radius 1 is 1.23 bits per heavy atom. The second-order valence-electron chi connectivity index (χ2n) is 4.82. The molecule has 1 aromatic carbocycles. The van der Waals surface area contributed by atoms with Crippen molar-refractivity contribution < 1.29 is 19.0 Å². The molecule has 0 aliphatic carbocycles. The predicted octanol–water partition coefficient (Wildman–Crippen LogP) is 2.68. The van der Waals surface area contributed by atoms with E-state index < -0.39 is 11.7 Å². The van der Waals surface area contributed by atoms with Crippen molar-refractivity contribution in [1.82, 2.24) is 20.8 Å². The number of amidine groups is 1. The summed E-state index contributed by atoms with van der Waals surface area (Å²) < 4.78 is 18.1. The Hall–Kier alpha value is -3.18. The van der Waals surface area contributed by atoms with Crippen LogP contribution in [0, 0.1) is 5.82 Å². The lowest BCUT2D eigenvalue weighted by Gasteiger charge is -2.05. The van der Waals surface area contributed by atoms with Crippen molar-refractivity contribution in [3.63, 3.8) is 0 Å². The Balaban J connectivity index is 1.88. The number of nitrogens with zero attached hydrogens (tertiary/aromatic N) is 4. The summed E-state index contributed by atoms with van der Waals surface area (Å²) in [5.41, 5.74) is 2.46. The highest BCUT2D eigenvalue weighted by Gasteiger charge is 2.19. The molecule has 0 bridgehead atoms. The van der Waals surface area contributed by atoms with Gasteiger partial charge in [0.1, 0.15) is 5.82 Å². The van der Waals surface area contributed by atoms with Gasteiger partial charge in [-0.25, -0.2) is 14.0 Å². The van der Waals surface area contributed by atoms with Gasteiger partial charge in [-0.3, -0.25) is 20.5 Å². The molecule has 0 fully saturated rings. The maximum atomic E-state index is 13.3. The highest BCUT2D eigenvalue weighted by molar-refractivity contribution is 9.10. The lowest BCUT2D eigenvalue weighted by atomic mass is 10.2. The number of hydrogen-bond donors (Lipinski definition) is 3. The number of hydroxylamine groups is 1. The van der Waals surface area contributed by atoms with Crippen molar-refractivity contribution >= 4 is 39.2 Å². The zero-order valence-corrected chi connectivity index (χ0v) is 14.4. The Kier molecular flexibility index (Phi) is 5.29. The van der Waals surface area contributed by atoms with Gasteiger partial charge in [0, 0.05) is 18.0 Å². The standard InChI is InChI=1S/C15H10BrFN6O3/c16-10-7-9(1-2-11(10)17)19-13(21-25)12-14(23-26-22-12)20-15(24)8-3-5-18-6-4-8/h1-7,25H,(H,19,21)(H,20,23,24). The van der Waals surface area contributed by atoms with E-state index in [0.29, 0.717) is 11.3 Å². The van der Waals surface area contributed by atoms with E-state index in [4.69, 9.17) is 0 Å². The van der Waals surface area contributed by atoms with Gasteiger partial charge in [-0.1, -0.05) is 0 Å². The molecule has 0 unspecified atom stereocenters. The minimum absolute atomic E-state index is 0.0460. The highest BCUT2D eigenvalue weighted by Crippen LogP contribution is 2.23. The number of halogens is 2. The van der Waals surface area contributed by atoms with Gasteiger partial charge in [-0.05, 0) is 56.6 Å². The van der Waals surface area contributed by atoms with Gasteiger partial charge in [0.25, 0.3) is 5.91 Å². The van der Waals surface area contributed by atoms with Gasteiger partial charge in [0.05, 0.1) is 10.2 Å². The molecule has 3 aromatic rings. The molecule has 0 aliphatic heterocycles. The molecule has 0 saturated heterocycles. The fourth-order valence-electron chi connectivity index (χ4n) is 1.92. The molecular weight excluding hydrogens is 411 g/mol. The number of anilines is 1. The minimum atomic E-state index is -0.480. The summed E-state index contributed by atoms with van der Waals surface area (Å²) in [6, 6.07) is 7.01. The van der Waals surface area contributed by atoms with Crippen LogP contribution in [0.5, 0.6) is 0 Å². The van der Waals surface area contributed by atoms with Crippen molar-refractivity contribution in [3.05, 3.63) is 64.3 Å². The first kappa shape index (κ1) is 17.6. The van der Waals surface area contributed by atoms with Gasteiger partial charge in [-0.15, -0.1) is 0 Å². The van der Waals surface area contributed by atoms with Crippen LogP contribution in [0.3, 0.4) is 0 Å². The van der Waals surface area contributed by atoms with E-state index in [0.717, 1.165) is 0 Å². The van der Waals surface area contributed by atoms with Crippen molar-refractivity contribution in [3.8, 4) is 0 Å². The number of benzene rings is 1. The van der Waals surface area contributed by atoms with Crippen LogP contribution in [0.2, 0.25) is 0 Å². The van der Waals surface area contributed by atoms with E-state index in [9.17, 15) is 14.4 Å². The Morgan fingerprint density at radius 3 is 2.69 bits per heavy atom. The van der Waals surface area contributed by atoms with Crippen LogP contribution in [0.15, 0.2) is 56.8 Å². The second-order valence-corrected chi connectivity index (χ2v) is 5.68. The molecule has 1 amide bonds. The maximum Gasteiger partial charge on any atom is 0.257 e. The molecule has 0 atom stereocenters. The molecule has 3 N–H and O–H groups in total. The lowest BCUT2D eigenvalue weighted by Crippen LogP contribution is -2.23. The highest BCUT2D eigenvalue weighted by atomic mass is 79.9. The SMILES string of the molecule is O=C(Nc1nonc1C(=Nc1ccc(F)c(Br)c1)NO)c1ccncc1. The molecule has 11 heteroatoms. The number of amides is 1. The van der Waals surface area contributed by atoms with Gasteiger partial charge in [-0.2, -0.15) is 0 Å². The van der Waals surface area contributed by atoms with Crippen LogP contribution in [0.25, 0.3) is 0 Å². The van der Waals surface area contributed by atoms with E-state index in [-0.39, 0.29) is 21.8 Å². The molecule has 26 heavy (non-hydrogen) atoms. The zero-order chi connectivity index (χ0) is 18.5. The minimum Gasteiger partial charge on any atom is -0.302 e. The molecule has 0 saturated carbocycles. The zero-order valence-electron chi connectivity index (χ0n) is 12.8. The number of hydrogen-bond acceptors (Lipinski definition) is 7. The monoisotopic (exact) mass is 420 g/mol. The third kappa shape index (κ3) is 3.90. The van der Waals surface area contributed by atoms with Crippen molar-refractivity contribution in [2.75, 3.05) is 5.32 Å². The molecular formula is C15H10BrFN6O3. The summed E-state index contributed by atoms with van der Waals surface area (Å²) in [7, 11) is 0. The number of carbonyl (C=O) groups excluding carboxylic acids is 1. The van der Waals surface area contributed by atoms with E-state index in [1.54, 1.807) is 0 Å². The fourth-order valence-corrected chi connectivity index (χ4v) is 2.29. The molecule has 0 aliphatic rings. The Bertz CT molecular complexity index is 963. The summed E-state index contributed by atoms with van der Waals surface area (Å²) in [4.78, 5) is 20.1. The number of carbonyl (C=O) groups is 1. The van der Waals surface area contributed by atoms with E-state index in [1.165, 1.54) is 42.7 Å². The smallest absolute Gasteiger partial charge is 0.257 e.